The van der Waals surface area contributed by atoms with E-state index in [0.717, 1.165) is 5.92 Å². The summed E-state index contributed by atoms with van der Waals surface area (Å²) in [4.78, 5) is 9.60. The normalized spacial score (nSPS) is 21.0. The molecule has 84 valence electrons. The van der Waals surface area contributed by atoms with Gasteiger partial charge in [0.25, 0.3) is 6.47 Å². The first-order valence-corrected chi connectivity index (χ1v) is 6.40. The second kappa shape index (κ2) is 7.45. The molecule has 1 N–H and O–H groups in total. The van der Waals surface area contributed by atoms with Crippen molar-refractivity contribution in [2.75, 3.05) is 17.5 Å². The highest BCUT2D eigenvalue weighted by molar-refractivity contribution is 14.1. The summed E-state index contributed by atoms with van der Waals surface area (Å²) in [7, 11) is 0. The lowest BCUT2D eigenvalue weighted by Crippen LogP contribution is -2.17. The number of halogens is 1. The predicted octanol–water partition coefficient (Wildman–Crippen LogP) is 1.99. The highest BCUT2D eigenvalue weighted by Crippen LogP contribution is 2.09. The summed E-state index contributed by atoms with van der Waals surface area (Å²) in [5, 5.41) is 3.32. The van der Waals surface area contributed by atoms with Crippen LogP contribution in [0.4, 0.5) is 0 Å². The molecule has 0 bridgehead atoms. The first-order valence-electron chi connectivity index (χ1n) is 4.87. The van der Waals surface area contributed by atoms with Gasteiger partial charge in [0.2, 0.25) is 0 Å². The van der Waals surface area contributed by atoms with Crippen LogP contribution in [0.1, 0.15) is 27.2 Å². The molecule has 0 radical (unpaired) electrons. The van der Waals surface area contributed by atoms with Crippen LogP contribution < -0.4 is 5.32 Å². The van der Waals surface area contributed by atoms with E-state index in [2.05, 4.69) is 32.6 Å². The zero-order valence-corrected chi connectivity index (χ0v) is 11.3. The summed E-state index contributed by atoms with van der Waals surface area (Å²) in [6, 6.07) is 0. The second-order valence-electron chi connectivity index (χ2n) is 4.34. The van der Waals surface area contributed by atoms with Crippen molar-refractivity contribution in [3.63, 3.8) is 0 Å². The number of ether oxygens (including phenoxy) is 1. The summed E-state index contributed by atoms with van der Waals surface area (Å²) in [5.74, 6) is 0.973. The Bertz CT molecular complexity index is 151. The maximum absolute atomic E-state index is 9.60. The van der Waals surface area contributed by atoms with Gasteiger partial charge < -0.3 is 10.1 Å². The van der Waals surface area contributed by atoms with Crippen LogP contribution in [0.3, 0.4) is 0 Å². The Labute approximate surface area is 100 Å². The maximum atomic E-state index is 9.60. The smallest absolute Gasteiger partial charge is 0.293 e. The van der Waals surface area contributed by atoms with Crippen molar-refractivity contribution in [2.45, 2.75) is 32.8 Å². The lowest BCUT2D eigenvalue weighted by atomic mass is 10.2. The van der Waals surface area contributed by atoms with Crippen molar-refractivity contribution in [1.29, 1.82) is 0 Å². The fourth-order valence-electron chi connectivity index (χ4n) is 0.990. The molecule has 4 heteroatoms. The monoisotopic (exact) mass is 313 g/mol. The van der Waals surface area contributed by atoms with Crippen LogP contribution in [-0.4, -0.2) is 29.6 Å². The first kappa shape index (κ1) is 14.2. The summed E-state index contributed by atoms with van der Waals surface area (Å²) < 4.78 is 5.87. The van der Waals surface area contributed by atoms with E-state index < -0.39 is 0 Å². The molecule has 0 saturated carbocycles. The van der Waals surface area contributed by atoms with Crippen LogP contribution >= 0.6 is 22.6 Å². The lowest BCUT2D eigenvalue weighted by Gasteiger charge is -2.14. The van der Waals surface area contributed by atoms with E-state index in [-0.39, 0.29) is 5.60 Å². The summed E-state index contributed by atoms with van der Waals surface area (Å²) in [6.45, 7) is 8.42. The van der Waals surface area contributed by atoms with Crippen molar-refractivity contribution in [1.82, 2.24) is 5.32 Å². The first-order chi connectivity index (χ1) is 6.49. The van der Waals surface area contributed by atoms with Crippen molar-refractivity contribution < 1.29 is 9.53 Å². The zero-order valence-electron chi connectivity index (χ0n) is 9.18. The second-order valence-corrected chi connectivity index (χ2v) is 5.22. The molecule has 1 rings (SSSR count). The van der Waals surface area contributed by atoms with Crippen molar-refractivity contribution >= 4 is 29.1 Å². The van der Waals surface area contributed by atoms with Crippen LogP contribution in [0.2, 0.25) is 0 Å². The molecule has 1 fully saturated rings. The van der Waals surface area contributed by atoms with E-state index in [1.54, 1.807) is 0 Å². The predicted molar refractivity (Wildman–Crippen MR) is 66.8 cm³/mol. The van der Waals surface area contributed by atoms with Gasteiger partial charge in [-0.15, -0.1) is 0 Å². The van der Waals surface area contributed by atoms with Crippen LogP contribution in [0.25, 0.3) is 0 Å². The molecule has 0 amide bonds. The average molecular weight is 313 g/mol. The lowest BCUT2D eigenvalue weighted by molar-refractivity contribution is -0.138. The molecule has 3 nitrogen and oxygen atoms in total. The van der Waals surface area contributed by atoms with E-state index in [1.165, 1.54) is 23.9 Å². The Kier molecular flexibility index (Phi) is 7.54. The standard InChI is InChI=1S/C5H10IN.C5H10O2/c6-3-5-1-2-7-4-5;1-5(2,3)7-4-6/h5,7H,1-4H2;4H,1-3H3. The van der Waals surface area contributed by atoms with Crippen molar-refractivity contribution in [2.24, 2.45) is 5.92 Å². The minimum atomic E-state index is -0.318. The third kappa shape index (κ3) is 8.74. The maximum Gasteiger partial charge on any atom is 0.293 e. The fraction of sp³-hybridized carbons (Fsp3) is 0.900. The number of carbonyl (C=O) groups excluding carboxylic acids is 1. The third-order valence-electron chi connectivity index (χ3n) is 1.78. The molecule has 1 unspecified atom stereocenters. The molecule has 0 aromatic carbocycles. The topological polar surface area (TPSA) is 38.3 Å². The minimum Gasteiger partial charge on any atom is -0.462 e. The summed E-state index contributed by atoms with van der Waals surface area (Å²) in [5.41, 5.74) is -0.318. The van der Waals surface area contributed by atoms with Crippen LogP contribution in [0, 0.1) is 5.92 Å². The molecular formula is C10H20INO2. The Morgan fingerprint density at radius 2 is 2.21 bits per heavy atom. The van der Waals surface area contributed by atoms with Gasteiger partial charge in [0, 0.05) is 4.43 Å². The van der Waals surface area contributed by atoms with Gasteiger partial charge in [0.15, 0.2) is 0 Å². The Morgan fingerprint density at radius 3 is 2.36 bits per heavy atom. The Morgan fingerprint density at radius 1 is 1.57 bits per heavy atom. The highest BCUT2D eigenvalue weighted by atomic mass is 127. The number of hydrogen-bond donors (Lipinski definition) is 1. The molecular weight excluding hydrogens is 293 g/mol. The highest BCUT2D eigenvalue weighted by Gasteiger charge is 2.11. The van der Waals surface area contributed by atoms with E-state index >= 15 is 0 Å². The molecule has 0 aliphatic carbocycles. The number of rotatable bonds is 2. The average Bonchev–Trinajstić information content (AvgIpc) is 2.54. The molecule has 1 atom stereocenters. The van der Waals surface area contributed by atoms with Crippen LogP contribution in [-0.2, 0) is 9.53 Å². The van der Waals surface area contributed by atoms with E-state index in [1.807, 2.05) is 20.8 Å². The zero-order chi connectivity index (χ0) is 11.0. The van der Waals surface area contributed by atoms with E-state index in [9.17, 15) is 4.79 Å². The number of hydrogen-bond acceptors (Lipinski definition) is 3. The Balaban J connectivity index is 0.000000241. The van der Waals surface area contributed by atoms with Crippen LogP contribution in [0.5, 0.6) is 0 Å². The van der Waals surface area contributed by atoms with Gasteiger partial charge in [-0.3, -0.25) is 4.79 Å². The number of carbonyl (C=O) groups is 1. The molecule has 1 saturated heterocycles. The van der Waals surface area contributed by atoms with Gasteiger partial charge in [0.1, 0.15) is 5.60 Å². The Hall–Kier alpha value is 0.160. The van der Waals surface area contributed by atoms with Gasteiger partial charge >= 0.3 is 0 Å². The van der Waals surface area contributed by atoms with Crippen molar-refractivity contribution in [3.05, 3.63) is 0 Å². The largest absolute Gasteiger partial charge is 0.462 e. The van der Waals surface area contributed by atoms with E-state index in [4.69, 9.17) is 0 Å². The molecule has 1 heterocycles. The third-order valence-corrected chi connectivity index (χ3v) is 3.03. The molecule has 1 aliphatic heterocycles. The fourth-order valence-corrected chi connectivity index (χ4v) is 1.74. The van der Waals surface area contributed by atoms with E-state index in [0.29, 0.717) is 6.47 Å². The molecule has 14 heavy (non-hydrogen) atoms. The molecule has 0 aromatic heterocycles. The number of nitrogens with one attached hydrogen (secondary N) is 1. The van der Waals surface area contributed by atoms with Gasteiger partial charge in [0.05, 0.1) is 0 Å². The van der Waals surface area contributed by atoms with Gasteiger partial charge in [-0.2, -0.15) is 0 Å². The van der Waals surface area contributed by atoms with Gasteiger partial charge in [-0.05, 0) is 46.2 Å². The van der Waals surface area contributed by atoms with Crippen molar-refractivity contribution in [3.8, 4) is 0 Å². The van der Waals surface area contributed by atoms with Crippen LogP contribution in [0.15, 0.2) is 0 Å². The van der Waals surface area contributed by atoms with Gasteiger partial charge in [-0.25, -0.2) is 0 Å². The summed E-state index contributed by atoms with van der Waals surface area (Å²) >= 11 is 2.45. The number of alkyl halides is 1. The molecule has 0 spiro atoms. The SMILES string of the molecule is CC(C)(C)OC=O.ICC1CCNC1. The quantitative estimate of drug-likeness (QED) is 0.481. The minimum absolute atomic E-state index is 0.318. The molecule has 0 aromatic rings. The summed E-state index contributed by atoms with van der Waals surface area (Å²) in [6.07, 6.45) is 1.39. The molecule has 1 aliphatic rings. The van der Waals surface area contributed by atoms with Gasteiger partial charge in [-0.1, -0.05) is 22.6 Å².